The van der Waals surface area contributed by atoms with Gasteiger partial charge >= 0.3 is 5.69 Å². The third kappa shape index (κ3) is 1.31. The van der Waals surface area contributed by atoms with E-state index in [0.717, 1.165) is 0 Å². The third-order valence-electron chi connectivity index (χ3n) is 1.39. The second-order valence-electron chi connectivity index (χ2n) is 2.18. The van der Waals surface area contributed by atoms with Crippen LogP contribution in [0, 0.1) is 0 Å². The number of hydrogen-bond donors (Lipinski definition) is 2. The zero-order valence-electron chi connectivity index (χ0n) is 6.46. The topological polar surface area (TPSA) is 72.9 Å². The van der Waals surface area contributed by atoms with Gasteiger partial charge in [-0.15, -0.1) is 0 Å². The molecule has 3 N–H and O–H groups in total. The highest BCUT2D eigenvalue weighted by atomic mass is 16.1. The largest absolute Gasteiger partial charge is 0.384 e. The molecule has 0 spiro atoms. The van der Waals surface area contributed by atoms with Crippen molar-refractivity contribution in [3.05, 3.63) is 16.7 Å². The van der Waals surface area contributed by atoms with E-state index in [2.05, 4.69) is 10.3 Å². The average molecular weight is 154 g/mol. The molecule has 0 aliphatic carbocycles. The molecule has 0 aliphatic rings. The van der Waals surface area contributed by atoms with Crippen molar-refractivity contribution < 1.29 is 0 Å². The highest BCUT2D eigenvalue weighted by molar-refractivity contribution is 5.59. The van der Waals surface area contributed by atoms with Crippen LogP contribution in [0.4, 0.5) is 11.5 Å². The van der Waals surface area contributed by atoms with Crippen LogP contribution in [0.2, 0.25) is 0 Å². The van der Waals surface area contributed by atoms with Crippen LogP contribution in [-0.4, -0.2) is 16.6 Å². The molecule has 60 valence electrons. The summed E-state index contributed by atoms with van der Waals surface area (Å²) < 4.78 is 1.36. The molecule has 0 aliphatic heterocycles. The number of anilines is 2. The predicted octanol–water partition coefficient (Wildman–Crippen LogP) is -0.596. The Kier molecular flexibility index (Phi) is 1.80. The summed E-state index contributed by atoms with van der Waals surface area (Å²) >= 11 is 0. The molecule has 0 saturated carbocycles. The molecule has 0 saturated heterocycles. The number of nitrogens with two attached hydrogens (primary N) is 1. The number of rotatable bonds is 1. The van der Waals surface area contributed by atoms with Crippen molar-refractivity contribution in [1.82, 2.24) is 9.55 Å². The Hall–Kier alpha value is -1.52. The molecule has 1 heterocycles. The number of hydrogen-bond acceptors (Lipinski definition) is 4. The van der Waals surface area contributed by atoms with E-state index in [-0.39, 0.29) is 11.5 Å². The fraction of sp³-hybridized carbons (Fsp3) is 0.333. The third-order valence-corrected chi connectivity index (χ3v) is 1.39. The molecular formula is C6H10N4O. The van der Waals surface area contributed by atoms with Crippen LogP contribution in [-0.2, 0) is 7.05 Å². The Bertz CT molecular complexity index is 317. The summed E-state index contributed by atoms with van der Waals surface area (Å²) in [6.07, 6.45) is 1.60. The molecule has 1 aromatic heterocycles. The second kappa shape index (κ2) is 2.61. The van der Waals surface area contributed by atoms with Gasteiger partial charge in [0.15, 0.2) is 5.82 Å². The molecule has 0 radical (unpaired) electrons. The zero-order chi connectivity index (χ0) is 8.43. The van der Waals surface area contributed by atoms with Crippen molar-refractivity contribution >= 4 is 11.5 Å². The molecule has 0 unspecified atom stereocenters. The van der Waals surface area contributed by atoms with Gasteiger partial charge in [0.05, 0.1) is 5.69 Å². The van der Waals surface area contributed by atoms with E-state index in [0.29, 0.717) is 5.69 Å². The van der Waals surface area contributed by atoms with Crippen molar-refractivity contribution in [1.29, 1.82) is 0 Å². The van der Waals surface area contributed by atoms with Gasteiger partial charge in [-0.25, -0.2) is 4.79 Å². The van der Waals surface area contributed by atoms with Crippen LogP contribution in [0.15, 0.2) is 11.0 Å². The van der Waals surface area contributed by atoms with Crippen molar-refractivity contribution in [2.75, 3.05) is 18.1 Å². The summed E-state index contributed by atoms with van der Waals surface area (Å²) in [7, 11) is 3.34. The minimum absolute atomic E-state index is 0.232. The fourth-order valence-electron chi connectivity index (χ4n) is 0.750. The zero-order valence-corrected chi connectivity index (χ0v) is 6.46. The van der Waals surface area contributed by atoms with Gasteiger partial charge in [0.1, 0.15) is 0 Å². The van der Waals surface area contributed by atoms with Crippen LogP contribution in [0.5, 0.6) is 0 Å². The maximum atomic E-state index is 10.9. The molecule has 5 heteroatoms. The van der Waals surface area contributed by atoms with Crippen LogP contribution >= 0.6 is 0 Å². The minimum Gasteiger partial charge on any atom is -0.384 e. The molecule has 0 atom stereocenters. The van der Waals surface area contributed by atoms with Gasteiger partial charge in [-0.05, 0) is 0 Å². The number of aryl methyl sites for hydroxylation is 1. The lowest BCUT2D eigenvalue weighted by Crippen LogP contribution is -2.21. The fourth-order valence-corrected chi connectivity index (χ4v) is 0.750. The first kappa shape index (κ1) is 7.59. The summed E-state index contributed by atoms with van der Waals surface area (Å²) in [5.74, 6) is 0.232. The molecule has 0 amide bonds. The molecule has 1 aromatic rings. The average Bonchev–Trinajstić information content (AvgIpc) is 1.97. The lowest BCUT2D eigenvalue weighted by molar-refractivity contribution is 0.816. The Labute approximate surface area is 63.9 Å². The minimum atomic E-state index is -0.346. The number of nitrogen functional groups attached to an aromatic ring is 1. The van der Waals surface area contributed by atoms with Gasteiger partial charge in [-0.3, -0.25) is 0 Å². The molecule has 11 heavy (non-hydrogen) atoms. The van der Waals surface area contributed by atoms with Crippen molar-refractivity contribution in [3.8, 4) is 0 Å². The van der Waals surface area contributed by atoms with Gasteiger partial charge in [0.25, 0.3) is 0 Å². The highest BCUT2D eigenvalue weighted by Gasteiger charge is 1.99. The van der Waals surface area contributed by atoms with E-state index >= 15 is 0 Å². The van der Waals surface area contributed by atoms with Gasteiger partial charge in [0.2, 0.25) is 0 Å². The number of nitrogens with one attached hydrogen (secondary N) is 1. The standard InChI is InChI=1S/C6H10N4O/c1-8-4-3-10(2)6(11)9-5(4)7/h3,8H,1-2H3,(H2,7,9,11). The van der Waals surface area contributed by atoms with Gasteiger partial charge in [0, 0.05) is 20.3 Å². The summed E-state index contributed by atoms with van der Waals surface area (Å²) in [4.78, 5) is 14.4. The number of aromatic nitrogens is 2. The molecule has 0 fully saturated rings. The molecule has 1 rings (SSSR count). The maximum Gasteiger partial charge on any atom is 0.349 e. The summed E-state index contributed by atoms with van der Waals surface area (Å²) in [6, 6.07) is 0. The van der Waals surface area contributed by atoms with Gasteiger partial charge < -0.3 is 15.6 Å². The van der Waals surface area contributed by atoms with Crippen LogP contribution in [0.25, 0.3) is 0 Å². The molecule has 5 nitrogen and oxygen atoms in total. The summed E-state index contributed by atoms with van der Waals surface area (Å²) in [5.41, 5.74) is 5.73. The van der Waals surface area contributed by atoms with E-state index in [1.54, 1.807) is 20.3 Å². The van der Waals surface area contributed by atoms with E-state index < -0.39 is 0 Å². The van der Waals surface area contributed by atoms with Crippen LogP contribution in [0.1, 0.15) is 0 Å². The van der Waals surface area contributed by atoms with E-state index in [4.69, 9.17) is 5.73 Å². The first-order chi connectivity index (χ1) is 5.15. The smallest absolute Gasteiger partial charge is 0.349 e. The molecule has 0 bridgehead atoms. The van der Waals surface area contributed by atoms with Crippen molar-refractivity contribution in [2.24, 2.45) is 7.05 Å². The predicted molar refractivity (Wildman–Crippen MR) is 43.4 cm³/mol. The Morgan fingerprint density at radius 3 is 2.91 bits per heavy atom. The normalized spacial score (nSPS) is 9.64. The summed E-state index contributed by atoms with van der Waals surface area (Å²) in [6.45, 7) is 0. The highest BCUT2D eigenvalue weighted by Crippen LogP contribution is 2.09. The Balaban J connectivity index is 3.32. The van der Waals surface area contributed by atoms with Gasteiger partial charge in [-0.1, -0.05) is 0 Å². The lowest BCUT2D eigenvalue weighted by atomic mass is 10.5. The first-order valence-corrected chi connectivity index (χ1v) is 3.16. The van der Waals surface area contributed by atoms with Crippen molar-refractivity contribution in [3.63, 3.8) is 0 Å². The van der Waals surface area contributed by atoms with Gasteiger partial charge in [-0.2, -0.15) is 4.98 Å². The van der Waals surface area contributed by atoms with Crippen molar-refractivity contribution in [2.45, 2.75) is 0 Å². The summed E-state index contributed by atoms with van der Waals surface area (Å²) in [5, 5.41) is 2.82. The Morgan fingerprint density at radius 1 is 1.73 bits per heavy atom. The van der Waals surface area contributed by atoms with E-state index in [1.807, 2.05) is 0 Å². The quantitative estimate of drug-likeness (QED) is 0.566. The monoisotopic (exact) mass is 154 g/mol. The lowest BCUT2D eigenvalue weighted by Gasteiger charge is -2.04. The van der Waals surface area contributed by atoms with Crippen LogP contribution in [0.3, 0.4) is 0 Å². The molecule has 0 aromatic carbocycles. The SMILES string of the molecule is CNc1cn(C)c(=O)nc1N. The number of nitrogens with zero attached hydrogens (tertiary/aromatic N) is 2. The van der Waals surface area contributed by atoms with E-state index in [1.165, 1.54) is 4.57 Å². The first-order valence-electron chi connectivity index (χ1n) is 3.16. The maximum absolute atomic E-state index is 10.9. The van der Waals surface area contributed by atoms with E-state index in [9.17, 15) is 4.79 Å². The van der Waals surface area contributed by atoms with Crippen LogP contribution < -0.4 is 16.7 Å². The molecular weight excluding hydrogens is 144 g/mol. The second-order valence-corrected chi connectivity index (χ2v) is 2.18. The Morgan fingerprint density at radius 2 is 2.36 bits per heavy atom.